The third-order valence-corrected chi connectivity index (χ3v) is 6.45. The molecular weight excluding hydrogens is 417 g/mol. The summed E-state index contributed by atoms with van der Waals surface area (Å²) in [4.78, 5) is 27.7. The number of amides is 2. The van der Waals surface area contributed by atoms with Gasteiger partial charge in [-0.25, -0.2) is 13.2 Å². The minimum atomic E-state index is -2.43. The van der Waals surface area contributed by atoms with Crippen molar-refractivity contribution in [2.45, 2.75) is 63.5 Å². The third kappa shape index (κ3) is 4.66. The van der Waals surface area contributed by atoms with Crippen molar-refractivity contribution in [3.8, 4) is 0 Å². The maximum absolute atomic E-state index is 14.0. The summed E-state index contributed by atoms with van der Waals surface area (Å²) in [5, 5.41) is 2.66. The molecule has 0 spiro atoms. The van der Waals surface area contributed by atoms with Crippen LogP contribution in [0.15, 0.2) is 42.5 Å². The van der Waals surface area contributed by atoms with Gasteiger partial charge in [0.25, 0.3) is 5.91 Å². The molecule has 7 heteroatoms. The highest BCUT2D eigenvalue weighted by molar-refractivity contribution is 6.04. The molecule has 1 unspecified atom stereocenters. The number of hydrogen-bond donors (Lipinski definition) is 1. The zero-order chi connectivity index (χ0) is 22.7. The number of nitrogens with one attached hydrogen (secondary N) is 1. The number of fused-ring (bicyclic) bond motifs is 1. The van der Waals surface area contributed by atoms with Crippen LogP contribution in [0.2, 0.25) is 0 Å². The molecule has 170 valence electrons. The van der Waals surface area contributed by atoms with Crippen LogP contribution in [-0.2, 0) is 11.3 Å². The maximum Gasteiger partial charge on any atom is 0.255 e. The lowest BCUT2D eigenvalue weighted by Gasteiger charge is -2.27. The second-order valence-corrected chi connectivity index (χ2v) is 8.57. The van der Waals surface area contributed by atoms with E-state index in [1.807, 2.05) is 18.2 Å². The minimum absolute atomic E-state index is 0.0744. The molecule has 1 heterocycles. The maximum atomic E-state index is 14.0. The van der Waals surface area contributed by atoms with Crippen LogP contribution in [0.1, 0.15) is 77.5 Å². The number of halogens is 3. The highest BCUT2D eigenvalue weighted by Gasteiger charge is 2.41. The van der Waals surface area contributed by atoms with Gasteiger partial charge in [0.2, 0.25) is 12.3 Å². The molecule has 1 aliphatic heterocycles. The Balaban J connectivity index is 1.60. The molecule has 4 nitrogen and oxygen atoms in total. The number of rotatable bonds is 8. The van der Waals surface area contributed by atoms with Gasteiger partial charge in [-0.15, -0.1) is 0 Å². The van der Waals surface area contributed by atoms with E-state index in [9.17, 15) is 22.8 Å². The van der Waals surface area contributed by atoms with E-state index in [2.05, 4.69) is 11.4 Å². The highest BCUT2D eigenvalue weighted by Crippen LogP contribution is 2.39. The molecule has 32 heavy (non-hydrogen) atoms. The Morgan fingerprint density at radius 2 is 1.84 bits per heavy atom. The summed E-state index contributed by atoms with van der Waals surface area (Å²) < 4.78 is 38.8. The minimum Gasteiger partial charge on any atom is -0.354 e. The largest absolute Gasteiger partial charge is 0.354 e. The van der Waals surface area contributed by atoms with Gasteiger partial charge in [-0.1, -0.05) is 37.1 Å². The van der Waals surface area contributed by atoms with Crippen molar-refractivity contribution < 1.29 is 22.8 Å². The topological polar surface area (TPSA) is 49.4 Å². The average Bonchev–Trinajstić information content (AvgIpc) is 3.39. The van der Waals surface area contributed by atoms with E-state index in [1.54, 1.807) is 0 Å². The Bertz CT molecular complexity index is 989. The molecular formula is C25H27F3N2O2. The van der Waals surface area contributed by atoms with Gasteiger partial charge in [-0.3, -0.25) is 9.59 Å². The first-order valence-electron chi connectivity index (χ1n) is 11.2. The van der Waals surface area contributed by atoms with Crippen LogP contribution >= 0.6 is 0 Å². The van der Waals surface area contributed by atoms with E-state index in [-0.39, 0.29) is 31.8 Å². The molecule has 2 aliphatic rings. The van der Waals surface area contributed by atoms with Gasteiger partial charge in [0.15, 0.2) is 0 Å². The van der Waals surface area contributed by atoms with E-state index in [4.69, 9.17) is 0 Å². The van der Waals surface area contributed by atoms with Crippen LogP contribution in [0, 0.1) is 5.82 Å². The van der Waals surface area contributed by atoms with Crippen LogP contribution in [0.3, 0.4) is 0 Å². The number of alkyl halides is 2. The second-order valence-electron chi connectivity index (χ2n) is 8.57. The van der Waals surface area contributed by atoms with Gasteiger partial charge in [0.1, 0.15) is 11.9 Å². The molecule has 1 N–H and O–H groups in total. The zero-order valence-electron chi connectivity index (χ0n) is 17.8. The van der Waals surface area contributed by atoms with Crippen LogP contribution in [-0.4, -0.2) is 29.7 Å². The fourth-order valence-electron chi connectivity index (χ4n) is 4.90. The first-order chi connectivity index (χ1) is 15.5. The molecule has 1 fully saturated rings. The summed E-state index contributed by atoms with van der Waals surface area (Å²) in [5.74, 6) is -0.894. The van der Waals surface area contributed by atoms with Crippen LogP contribution in [0.4, 0.5) is 13.2 Å². The Hall–Kier alpha value is -2.83. The summed E-state index contributed by atoms with van der Waals surface area (Å²) >= 11 is 0. The van der Waals surface area contributed by atoms with E-state index >= 15 is 0 Å². The Kier molecular flexibility index (Phi) is 6.82. The molecule has 2 aromatic carbocycles. The quantitative estimate of drug-likeness (QED) is 0.559. The lowest BCUT2D eigenvalue weighted by molar-refractivity contribution is -0.125. The average molecular weight is 444 g/mol. The summed E-state index contributed by atoms with van der Waals surface area (Å²) in [6.07, 6.45) is 1.94. The number of benzene rings is 2. The Morgan fingerprint density at radius 1 is 1.09 bits per heavy atom. The molecule has 4 rings (SSSR count). The summed E-state index contributed by atoms with van der Waals surface area (Å²) in [7, 11) is 0. The predicted molar refractivity (Wildman–Crippen MR) is 115 cm³/mol. The second kappa shape index (κ2) is 9.76. The van der Waals surface area contributed by atoms with Crippen LogP contribution < -0.4 is 5.32 Å². The van der Waals surface area contributed by atoms with Crippen molar-refractivity contribution in [2.75, 3.05) is 6.54 Å². The standard InChI is InChI=1S/C25H27F3N2O2/c26-18-11-12-20-21(14-18)23(24(31)29-13-5-10-22(27)28)30(25(20)32)15-17-8-3-4-9-19(17)16-6-1-2-7-16/h3-4,8-9,11-12,14,16,22-23H,1-2,5-7,10,13,15H2,(H,29,31). The summed E-state index contributed by atoms with van der Waals surface area (Å²) in [6, 6.07) is 10.8. The smallest absolute Gasteiger partial charge is 0.255 e. The first-order valence-corrected chi connectivity index (χ1v) is 11.2. The molecule has 2 aromatic rings. The lowest BCUT2D eigenvalue weighted by atomic mass is 9.92. The van der Waals surface area contributed by atoms with Crippen molar-refractivity contribution in [1.82, 2.24) is 10.2 Å². The van der Waals surface area contributed by atoms with E-state index in [1.165, 1.54) is 41.5 Å². The van der Waals surface area contributed by atoms with Crippen molar-refractivity contribution >= 4 is 11.8 Å². The zero-order valence-corrected chi connectivity index (χ0v) is 17.8. The third-order valence-electron chi connectivity index (χ3n) is 6.45. The van der Waals surface area contributed by atoms with E-state index in [0.29, 0.717) is 17.0 Å². The predicted octanol–water partition coefficient (Wildman–Crippen LogP) is 5.34. The highest BCUT2D eigenvalue weighted by atomic mass is 19.3. The van der Waals surface area contributed by atoms with E-state index in [0.717, 1.165) is 18.4 Å². The first kappa shape index (κ1) is 22.4. The summed E-state index contributed by atoms with van der Waals surface area (Å²) in [6.45, 7) is 0.307. The van der Waals surface area contributed by atoms with Crippen molar-refractivity contribution in [2.24, 2.45) is 0 Å². The molecule has 2 amide bonds. The monoisotopic (exact) mass is 444 g/mol. The van der Waals surface area contributed by atoms with Gasteiger partial charge in [-0.05, 0) is 60.1 Å². The summed E-state index contributed by atoms with van der Waals surface area (Å²) in [5.41, 5.74) is 2.80. The molecule has 1 atom stereocenters. The van der Waals surface area contributed by atoms with Crippen molar-refractivity contribution in [3.05, 3.63) is 70.5 Å². The van der Waals surface area contributed by atoms with Crippen LogP contribution in [0.5, 0.6) is 0 Å². The Labute approximate surface area is 185 Å². The molecule has 0 bridgehead atoms. The van der Waals surface area contributed by atoms with E-state index < -0.39 is 24.2 Å². The van der Waals surface area contributed by atoms with Gasteiger partial charge in [0, 0.05) is 25.1 Å². The lowest BCUT2D eigenvalue weighted by Crippen LogP contribution is -2.39. The van der Waals surface area contributed by atoms with Gasteiger partial charge in [-0.2, -0.15) is 0 Å². The van der Waals surface area contributed by atoms with Crippen LogP contribution in [0.25, 0.3) is 0 Å². The number of carbonyl (C=O) groups is 2. The SMILES string of the molecule is O=C(NCCCC(F)F)C1c2cc(F)ccc2C(=O)N1Cc1ccccc1C1CCCC1. The molecule has 0 aromatic heterocycles. The van der Waals surface area contributed by atoms with Gasteiger partial charge in [0.05, 0.1) is 0 Å². The molecule has 0 saturated heterocycles. The Morgan fingerprint density at radius 3 is 2.59 bits per heavy atom. The fraction of sp³-hybridized carbons (Fsp3) is 0.440. The van der Waals surface area contributed by atoms with Crippen molar-refractivity contribution in [3.63, 3.8) is 0 Å². The fourth-order valence-corrected chi connectivity index (χ4v) is 4.90. The number of carbonyl (C=O) groups excluding carboxylic acids is 2. The van der Waals surface area contributed by atoms with Gasteiger partial charge < -0.3 is 10.2 Å². The normalized spacial score (nSPS) is 18.4. The van der Waals surface area contributed by atoms with Crippen molar-refractivity contribution in [1.29, 1.82) is 0 Å². The van der Waals surface area contributed by atoms with Gasteiger partial charge >= 0.3 is 0 Å². The molecule has 0 radical (unpaired) electrons. The molecule has 1 aliphatic carbocycles. The molecule has 1 saturated carbocycles. The number of nitrogens with zero attached hydrogens (tertiary/aromatic N) is 1. The number of hydrogen-bond acceptors (Lipinski definition) is 2.